The number of hydrogen-bond acceptors (Lipinski definition) is 3. The summed E-state index contributed by atoms with van der Waals surface area (Å²) in [6.07, 6.45) is 2.76. The fraction of sp³-hybridized carbons (Fsp3) is 0.579. The Bertz CT molecular complexity index is 641. The van der Waals surface area contributed by atoms with Crippen LogP contribution >= 0.6 is 11.6 Å². The summed E-state index contributed by atoms with van der Waals surface area (Å²) in [4.78, 5) is 30.7. The molecule has 2 aliphatic heterocycles. The Morgan fingerprint density at radius 2 is 1.50 bits per heavy atom. The number of benzene rings is 1. The number of amides is 3. The van der Waals surface area contributed by atoms with Crippen molar-refractivity contribution in [3.8, 4) is 5.75 Å². The van der Waals surface area contributed by atoms with E-state index in [9.17, 15) is 9.59 Å². The van der Waals surface area contributed by atoms with Gasteiger partial charge >= 0.3 is 6.03 Å². The molecule has 142 valence electrons. The number of urea groups is 1. The third-order valence-electron chi connectivity index (χ3n) is 4.98. The van der Waals surface area contributed by atoms with E-state index in [4.69, 9.17) is 16.3 Å². The van der Waals surface area contributed by atoms with Gasteiger partial charge in [-0.05, 0) is 38.3 Å². The normalized spacial score (nSPS) is 19.2. The zero-order valence-electron chi connectivity index (χ0n) is 15.2. The van der Waals surface area contributed by atoms with Gasteiger partial charge in [-0.15, -0.1) is 0 Å². The fourth-order valence-corrected chi connectivity index (χ4v) is 3.62. The minimum atomic E-state index is -0.612. The molecule has 7 heteroatoms. The number of piperazine rings is 1. The van der Waals surface area contributed by atoms with Gasteiger partial charge in [0, 0.05) is 39.3 Å². The van der Waals surface area contributed by atoms with Crippen LogP contribution in [-0.2, 0) is 4.79 Å². The van der Waals surface area contributed by atoms with E-state index in [1.807, 2.05) is 21.9 Å². The average Bonchev–Trinajstić information content (AvgIpc) is 2.69. The van der Waals surface area contributed by atoms with Crippen LogP contribution in [0.3, 0.4) is 0 Å². The van der Waals surface area contributed by atoms with Crippen LogP contribution in [0.2, 0.25) is 5.02 Å². The molecule has 3 amide bonds. The number of para-hydroxylation sites is 1. The number of hydrogen-bond donors (Lipinski definition) is 0. The Balaban J connectivity index is 1.50. The highest BCUT2D eigenvalue weighted by Crippen LogP contribution is 2.24. The van der Waals surface area contributed by atoms with Crippen molar-refractivity contribution < 1.29 is 14.3 Å². The molecule has 1 atom stereocenters. The fourth-order valence-electron chi connectivity index (χ4n) is 3.44. The number of carbonyl (C=O) groups excluding carboxylic acids is 2. The maximum absolute atomic E-state index is 12.6. The van der Waals surface area contributed by atoms with Gasteiger partial charge in [-0.2, -0.15) is 0 Å². The number of piperidine rings is 1. The van der Waals surface area contributed by atoms with E-state index in [0.29, 0.717) is 37.0 Å². The Kier molecular flexibility index (Phi) is 6.25. The van der Waals surface area contributed by atoms with Gasteiger partial charge in [0.05, 0.1) is 5.02 Å². The Morgan fingerprint density at radius 3 is 2.15 bits per heavy atom. The maximum Gasteiger partial charge on any atom is 0.320 e. The summed E-state index contributed by atoms with van der Waals surface area (Å²) < 4.78 is 5.72. The van der Waals surface area contributed by atoms with Crippen LogP contribution in [0.1, 0.15) is 26.2 Å². The third-order valence-corrected chi connectivity index (χ3v) is 5.29. The molecule has 26 heavy (non-hydrogen) atoms. The van der Waals surface area contributed by atoms with E-state index >= 15 is 0 Å². The van der Waals surface area contributed by atoms with Crippen LogP contribution in [0, 0.1) is 0 Å². The van der Waals surface area contributed by atoms with E-state index in [2.05, 4.69) is 0 Å². The highest BCUT2D eigenvalue weighted by molar-refractivity contribution is 6.32. The third kappa shape index (κ3) is 4.41. The van der Waals surface area contributed by atoms with Gasteiger partial charge in [-0.1, -0.05) is 23.7 Å². The van der Waals surface area contributed by atoms with Gasteiger partial charge in [0.25, 0.3) is 5.91 Å². The van der Waals surface area contributed by atoms with Crippen molar-refractivity contribution in [2.45, 2.75) is 32.3 Å². The summed E-state index contributed by atoms with van der Waals surface area (Å²) in [5, 5.41) is 0.490. The maximum atomic E-state index is 12.6. The molecule has 0 spiro atoms. The molecule has 1 aromatic rings. The number of carbonyl (C=O) groups is 2. The first-order chi connectivity index (χ1) is 12.6. The van der Waals surface area contributed by atoms with Gasteiger partial charge in [0.1, 0.15) is 5.75 Å². The van der Waals surface area contributed by atoms with Crippen LogP contribution < -0.4 is 4.74 Å². The monoisotopic (exact) mass is 379 g/mol. The van der Waals surface area contributed by atoms with Crippen LogP contribution in [0.25, 0.3) is 0 Å². The molecule has 6 nitrogen and oxygen atoms in total. The lowest BCUT2D eigenvalue weighted by Gasteiger charge is -2.39. The smallest absolute Gasteiger partial charge is 0.320 e. The molecule has 2 fully saturated rings. The Morgan fingerprint density at radius 1 is 0.923 bits per heavy atom. The molecule has 0 saturated carbocycles. The van der Waals surface area contributed by atoms with E-state index in [0.717, 1.165) is 25.9 Å². The number of ether oxygens (including phenoxy) is 1. The summed E-state index contributed by atoms with van der Waals surface area (Å²) in [6, 6.07) is 7.24. The summed E-state index contributed by atoms with van der Waals surface area (Å²) >= 11 is 6.09. The first-order valence-corrected chi connectivity index (χ1v) is 9.68. The summed E-state index contributed by atoms with van der Waals surface area (Å²) in [5.41, 5.74) is 0. The summed E-state index contributed by atoms with van der Waals surface area (Å²) in [7, 11) is 0. The minimum absolute atomic E-state index is 0.0741. The van der Waals surface area contributed by atoms with Gasteiger partial charge in [-0.25, -0.2) is 4.79 Å². The molecule has 0 aromatic heterocycles. The van der Waals surface area contributed by atoms with Gasteiger partial charge in [-0.3, -0.25) is 4.79 Å². The predicted molar refractivity (Wildman–Crippen MR) is 101 cm³/mol. The lowest BCUT2D eigenvalue weighted by atomic mass is 10.1. The van der Waals surface area contributed by atoms with Crippen molar-refractivity contribution in [2.75, 3.05) is 39.3 Å². The minimum Gasteiger partial charge on any atom is -0.479 e. The molecule has 2 heterocycles. The predicted octanol–water partition coefficient (Wildman–Crippen LogP) is 2.86. The zero-order valence-corrected chi connectivity index (χ0v) is 16.0. The highest BCUT2D eigenvalue weighted by atomic mass is 35.5. The molecule has 0 unspecified atom stereocenters. The number of rotatable bonds is 3. The molecule has 2 aliphatic rings. The summed E-state index contributed by atoms with van der Waals surface area (Å²) in [6.45, 7) is 5.64. The Hall–Kier alpha value is -1.95. The van der Waals surface area contributed by atoms with Gasteiger partial charge in [0.15, 0.2) is 6.10 Å². The molecular weight excluding hydrogens is 354 g/mol. The molecule has 1 aromatic carbocycles. The molecule has 3 rings (SSSR count). The van der Waals surface area contributed by atoms with Crippen LogP contribution in [-0.4, -0.2) is 72.0 Å². The molecule has 0 aliphatic carbocycles. The van der Waals surface area contributed by atoms with Crippen molar-refractivity contribution in [1.82, 2.24) is 14.7 Å². The molecule has 0 bridgehead atoms. The summed E-state index contributed by atoms with van der Waals surface area (Å²) in [5.74, 6) is 0.434. The van der Waals surface area contributed by atoms with Crippen molar-refractivity contribution in [1.29, 1.82) is 0 Å². The lowest BCUT2D eigenvalue weighted by Crippen LogP contribution is -2.56. The second-order valence-electron chi connectivity index (χ2n) is 6.83. The number of likely N-dealkylation sites (tertiary alicyclic amines) is 1. The van der Waals surface area contributed by atoms with Crippen LogP contribution in [0.4, 0.5) is 4.79 Å². The quantitative estimate of drug-likeness (QED) is 0.811. The Labute approximate surface area is 159 Å². The van der Waals surface area contributed by atoms with Crippen molar-refractivity contribution in [3.63, 3.8) is 0 Å². The highest BCUT2D eigenvalue weighted by Gasteiger charge is 2.30. The average molecular weight is 380 g/mol. The SMILES string of the molecule is C[C@@H](Oc1ccccc1Cl)C(=O)N1CCN(C(=O)N2CCCCC2)CC1. The molecule has 0 radical (unpaired) electrons. The second-order valence-corrected chi connectivity index (χ2v) is 7.24. The van der Waals surface area contributed by atoms with Crippen molar-refractivity contribution in [2.24, 2.45) is 0 Å². The standard InChI is InChI=1S/C19H26ClN3O3/c1-15(26-17-8-4-3-7-16(17)20)18(24)21-11-13-23(14-12-21)19(25)22-9-5-2-6-10-22/h3-4,7-8,15H,2,5-6,9-14H2,1H3/t15-/m1/s1. The van der Waals surface area contributed by atoms with E-state index < -0.39 is 6.10 Å². The molecule has 0 N–H and O–H groups in total. The van der Waals surface area contributed by atoms with Crippen LogP contribution in [0.5, 0.6) is 5.75 Å². The van der Waals surface area contributed by atoms with E-state index in [1.54, 1.807) is 24.0 Å². The number of nitrogens with zero attached hydrogens (tertiary/aromatic N) is 3. The largest absolute Gasteiger partial charge is 0.479 e. The van der Waals surface area contributed by atoms with E-state index in [1.165, 1.54) is 6.42 Å². The van der Waals surface area contributed by atoms with Crippen molar-refractivity contribution >= 4 is 23.5 Å². The van der Waals surface area contributed by atoms with Crippen molar-refractivity contribution in [3.05, 3.63) is 29.3 Å². The second kappa shape index (κ2) is 8.62. The first-order valence-electron chi connectivity index (χ1n) is 9.30. The topological polar surface area (TPSA) is 53.1 Å². The molecule has 2 saturated heterocycles. The van der Waals surface area contributed by atoms with Crippen LogP contribution in [0.15, 0.2) is 24.3 Å². The lowest BCUT2D eigenvalue weighted by molar-refractivity contribution is -0.139. The van der Waals surface area contributed by atoms with Gasteiger partial charge in [0.2, 0.25) is 0 Å². The first kappa shape index (κ1) is 18.8. The molecular formula is C19H26ClN3O3. The van der Waals surface area contributed by atoms with E-state index in [-0.39, 0.29) is 11.9 Å². The zero-order chi connectivity index (χ0) is 18.5. The number of halogens is 1. The van der Waals surface area contributed by atoms with Gasteiger partial charge < -0.3 is 19.4 Å².